The zero-order valence-corrected chi connectivity index (χ0v) is 17.5. The van der Waals surface area contributed by atoms with Crippen LogP contribution in [0, 0.1) is 5.92 Å². The monoisotopic (exact) mass is 554 g/mol. The lowest BCUT2D eigenvalue weighted by molar-refractivity contribution is -0.108. The van der Waals surface area contributed by atoms with Crippen LogP contribution < -0.4 is 0 Å². The molecule has 4 nitrogen and oxygen atoms in total. The fraction of sp³-hybridized carbons (Fsp3) is 0.611. The second-order valence-corrected chi connectivity index (χ2v) is 12.4. The van der Waals surface area contributed by atoms with E-state index in [9.17, 15) is 15.0 Å². The van der Waals surface area contributed by atoms with Crippen molar-refractivity contribution in [1.29, 1.82) is 0 Å². The van der Waals surface area contributed by atoms with E-state index >= 15 is 0 Å². The normalized spacial score (nSPS) is 40.1. The van der Waals surface area contributed by atoms with E-state index in [1.165, 1.54) is 19.3 Å². The van der Waals surface area contributed by atoms with Crippen molar-refractivity contribution in [2.45, 2.75) is 57.3 Å². The Morgan fingerprint density at radius 2 is 1.71 bits per heavy atom. The molecule has 0 aromatic heterocycles. The number of alkyl halides is 2. The lowest BCUT2D eigenvalue weighted by atomic mass is 9.54. The van der Waals surface area contributed by atoms with Crippen molar-refractivity contribution in [2.75, 3.05) is 0 Å². The number of ether oxygens (including phenoxy) is 1. The maximum Gasteiger partial charge on any atom is 0.339 e. The molecule has 2 atom stereocenters. The molecule has 5 rings (SSSR count). The largest absolute Gasteiger partial charge is 0.455 e. The van der Waals surface area contributed by atoms with Crippen molar-refractivity contribution in [2.24, 2.45) is 5.92 Å². The van der Waals surface area contributed by atoms with Gasteiger partial charge in [-0.25, -0.2) is 4.79 Å². The van der Waals surface area contributed by atoms with Crippen LogP contribution >= 0.6 is 45.2 Å². The SMILES string of the molecule is O=C(OC12CC3CC(I)(CC(I)(C3)C1)C2)c1ccccc1C(O)O. The van der Waals surface area contributed by atoms with Crippen molar-refractivity contribution >= 4 is 51.2 Å². The molecule has 130 valence electrons. The molecule has 4 aliphatic carbocycles. The van der Waals surface area contributed by atoms with Gasteiger partial charge in [-0.3, -0.25) is 0 Å². The molecule has 24 heavy (non-hydrogen) atoms. The number of halogens is 2. The molecule has 4 aliphatic rings. The van der Waals surface area contributed by atoms with Crippen molar-refractivity contribution in [3.63, 3.8) is 0 Å². The molecule has 1 aromatic rings. The van der Waals surface area contributed by atoms with Crippen LogP contribution in [0.25, 0.3) is 0 Å². The third kappa shape index (κ3) is 3.01. The Kier molecular flexibility index (Phi) is 4.21. The van der Waals surface area contributed by atoms with E-state index in [1.807, 2.05) is 0 Å². The summed E-state index contributed by atoms with van der Waals surface area (Å²) in [6.07, 6.45) is 4.75. The third-order valence-electron chi connectivity index (χ3n) is 5.65. The zero-order valence-electron chi connectivity index (χ0n) is 13.2. The highest BCUT2D eigenvalue weighted by atomic mass is 127. The molecule has 6 heteroatoms. The Labute approximate surface area is 168 Å². The van der Waals surface area contributed by atoms with Gasteiger partial charge in [-0.05, 0) is 37.7 Å². The average Bonchev–Trinajstić information content (AvgIpc) is 2.42. The minimum Gasteiger partial charge on any atom is -0.455 e. The van der Waals surface area contributed by atoms with Gasteiger partial charge in [-0.1, -0.05) is 63.4 Å². The van der Waals surface area contributed by atoms with Gasteiger partial charge in [-0.2, -0.15) is 0 Å². The first kappa shape index (κ1) is 17.5. The summed E-state index contributed by atoms with van der Waals surface area (Å²) in [7, 11) is 0. The van der Waals surface area contributed by atoms with Gasteiger partial charge in [0.2, 0.25) is 0 Å². The standard InChI is InChI=1S/C18H20I2O4/c19-16-5-11-6-17(20,8-16)10-18(7-11,9-16)24-15(23)13-4-2-1-3-12(13)14(21)22/h1-4,11,14,21-22H,5-10H2. The molecule has 4 bridgehead atoms. The number of carbonyl (C=O) groups is 1. The fourth-order valence-corrected chi connectivity index (χ4v) is 10.2. The molecule has 0 radical (unpaired) electrons. The minimum absolute atomic E-state index is 0.209. The van der Waals surface area contributed by atoms with Crippen LogP contribution in [-0.2, 0) is 4.74 Å². The minimum atomic E-state index is -1.67. The highest BCUT2D eigenvalue weighted by molar-refractivity contribution is 14.1. The molecule has 0 heterocycles. The summed E-state index contributed by atoms with van der Waals surface area (Å²) in [5.41, 5.74) is 0.0701. The summed E-state index contributed by atoms with van der Waals surface area (Å²) >= 11 is 5.18. The summed E-state index contributed by atoms with van der Waals surface area (Å²) in [6, 6.07) is 6.58. The summed E-state index contributed by atoms with van der Waals surface area (Å²) in [5.74, 6) is 0.196. The third-order valence-corrected chi connectivity index (χ3v) is 8.06. The predicted molar refractivity (Wildman–Crippen MR) is 106 cm³/mol. The number of aliphatic hydroxyl groups is 2. The van der Waals surface area contributed by atoms with Gasteiger partial charge >= 0.3 is 5.97 Å². The van der Waals surface area contributed by atoms with Gasteiger partial charge in [0.25, 0.3) is 0 Å². The molecule has 1 aromatic carbocycles. The Morgan fingerprint density at radius 3 is 2.29 bits per heavy atom. The Hall–Kier alpha value is 0.0700. The molecule has 0 aliphatic heterocycles. The van der Waals surface area contributed by atoms with Crippen LogP contribution in [0.4, 0.5) is 0 Å². The lowest BCUT2D eigenvalue weighted by Crippen LogP contribution is -2.63. The number of benzene rings is 1. The Morgan fingerprint density at radius 1 is 1.08 bits per heavy atom. The summed E-state index contributed by atoms with van der Waals surface area (Å²) in [4.78, 5) is 12.8. The maximum atomic E-state index is 12.8. The van der Waals surface area contributed by atoms with E-state index in [0.29, 0.717) is 5.92 Å². The molecule has 4 fully saturated rings. The zero-order chi connectivity index (χ0) is 17.2. The average molecular weight is 554 g/mol. The van der Waals surface area contributed by atoms with Crippen LogP contribution in [-0.4, -0.2) is 28.6 Å². The van der Waals surface area contributed by atoms with Crippen LogP contribution in [0.3, 0.4) is 0 Å². The number of rotatable bonds is 3. The van der Waals surface area contributed by atoms with Gasteiger partial charge < -0.3 is 14.9 Å². The van der Waals surface area contributed by atoms with Crippen LogP contribution in [0.2, 0.25) is 0 Å². The van der Waals surface area contributed by atoms with Gasteiger partial charge in [0, 0.05) is 25.2 Å². The van der Waals surface area contributed by atoms with E-state index in [-0.39, 0.29) is 18.0 Å². The second-order valence-electron chi connectivity index (χ2n) is 7.84. The van der Waals surface area contributed by atoms with Crippen LogP contribution in [0.5, 0.6) is 0 Å². The smallest absolute Gasteiger partial charge is 0.339 e. The number of hydrogen-bond acceptors (Lipinski definition) is 4. The maximum absolute atomic E-state index is 12.8. The van der Waals surface area contributed by atoms with Crippen molar-refractivity contribution < 1.29 is 19.7 Å². The summed E-state index contributed by atoms with van der Waals surface area (Å²) in [6.45, 7) is 0. The van der Waals surface area contributed by atoms with Gasteiger partial charge in [-0.15, -0.1) is 0 Å². The van der Waals surface area contributed by atoms with Crippen LogP contribution in [0.15, 0.2) is 24.3 Å². The molecule has 2 N–H and O–H groups in total. The molecular formula is C18H20I2O4. The Bertz CT molecular complexity index is 671. The first-order chi connectivity index (χ1) is 11.2. The predicted octanol–water partition coefficient (Wildman–Crippen LogP) is 3.91. The van der Waals surface area contributed by atoms with Crippen molar-refractivity contribution in [1.82, 2.24) is 0 Å². The van der Waals surface area contributed by atoms with Gasteiger partial charge in [0.05, 0.1) is 5.56 Å². The first-order valence-electron chi connectivity index (χ1n) is 8.28. The molecular weight excluding hydrogens is 534 g/mol. The molecule has 4 saturated carbocycles. The first-order valence-corrected chi connectivity index (χ1v) is 10.4. The van der Waals surface area contributed by atoms with Crippen molar-refractivity contribution in [3.05, 3.63) is 35.4 Å². The number of aliphatic hydroxyl groups excluding tert-OH is 1. The second kappa shape index (κ2) is 5.79. The molecule has 2 unspecified atom stereocenters. The van der Waals surface area contributed by atoms with Crippen molar-refractivity contribution in [3.8, 4) is 0 Å². The quantitative estimate of drug-likeness (QED) is 0.258. The molecule has 0 amide bonds. The fourth-order valence-electron chi connectivity index (χ4n) is 5.39. The van der Waals surface area contributed by atoms with Gasteiger partial charge in [0.15, 0.2) is 6.29 Å². The number of esters is 1. The van der Waals surface area contributed by atoms with E-state index in [2.05, 4.69) is 45.2 Å². The summed E-state index contributed by atoms with van der Waals surface area (Å²) in [5, 5.41) is 19.0. The van der Waals surface area contributed by atoms with Gasteiger partial charge in [0.1, 0.15) is 5.60 Å². The van der Waals surface area contributed by atoms with E-state index in [0.717, 1.165) is 19.3 Å². The Balaban J connectivity index is 1.63. The van der Waals surface area contributed by atoms with E-state index in [4.69, 9.17) is 4.74 Å². The van der Waals surface area contributed by atoms with E-state index in [1.54, 1.807) is 24.3 Å². The molecule has 0 spiro atoms. The highest BCUT2D eigenvalue weighted by Gasteiger charge is 2.63. The number of hydrogen-bond donors (Lipinski definition) is 2. The van der Waals surface area contributed by atoms with E-state index < -0.39 is 17.9 Å². The summed E-state index contributed by atoms with van der Waals surface area (Å²) < 4.78 is 6.55. The molecule has 0 saturated heterocycles. The highest BCUT2D eigenvalue weighted by Crippen LogP contribution is 2.66. The lowest BCUT2D eigenvalue weighted by Gasteiger charge is -2.62. The number of carbonyl (C=O) groups excluding carboxylic acids is 1. The van der Waals surface area contributed by atoms with Crippen LogP contribution in [0.1, 0.15) is 60.7 Å². The topological polar surface area (TPSA) is 66.8 Å².